The number of carbonyl (C=O) groups is 2. The number of methoxy groups -OCH3 is 1. The molecule has 0 heterocycles. The second kappa shape index (κ2) is 7.84. The van der Waals surface area contributed by atoms with Crippen molar-refractivity contribution in [2.75, 3.05) is 13.7 Å². The van der Waals surface area contributed by atoms with Crippen LogP contribution in [0.4, 0.5) is 0 Å². The van der Waals surface area contributed by atoms with E-state index in [1.54, 1.807) is 12.1 Å². The molecule has 0 bridgehead atoms. The Morgan fingerprint density at radius 3 is 2.52 bits per heavy atom. The third-order valence-electron chi connectivity index (χ3n) is 2.92. The first kappa shape index (κ1) is 18.0. The number of carboxylic acid groups (broad SMARTS) is 1. The molecule has 21 heavy (non-hydrogen) atoms. The van der Waals surface area contributed by atoms with E-state index in [-0.39, 0.29) is 24.9 Å². The van der Waals surface area contributed by atoms with Crippen LogP contribution in [0.5, 0.6) is 5.75 Å². The molecule has 0 saturated carbocycles. The zero-order valence-electron chi connectivity index (χ0n) is 12.0. The van der Waals surface area contributed by atoms with Gasteiger partial charge in [0, 0.05) is 16.2 Å². The maximum Gasteiger partial charge on any atom is 0.305 e. The van der Waals surface area contributed by atoms with Crippen LogP contribution in [0.15, 0.2) is 12.1 Å². The van der Waals surface area contributed by atoms with Crippen LogP contribution >= 0.6 is 34.2 Å². The number of carboxylic acids is 1. The summed E-state index contributed by atoms with van der Waals surface area (Å²) in [7, 11) is 1.48. The van der Waals surface area contributed by atoms with Crippen LogP contribution in [0, 0.1) is 3.57 Å². The molecule has 1 amide bonds. The lowest BCUT2D eigenvalue weighted by molar-refractivity contribution is -0.137. The number of hydrogen-bond donors (Lipinski definition) is 1. The van der Waals surface area contributed by atoms with E-state index < -0.39 is 5.97 Å². The van der Waals surface area contributed by atoms with Gasteiger partial charge in [0.15, 0.2) is 0 Å². The fourth-order valence-electron chi connectivity index (χ4n) is 1.83. The lowest BCUT2D eigenvalue weighted by atomic mass is 10.1. The lowest BCUT2D eigenvalue weighted by Crippen LogP contribution is -2.38. The zero-order chi connectivity index (χ0) is 16.2. The predicted molar refractivity (Wildman–Crippen MR) is 89.1 cm³/mol. The van der Waals surface area contributed by atoms with Gasteiger partial charge in [-0.15, -0.1) is 0 Å². The van der Waals surface area contributed by atoms with Gasteiger partial charge in [0.1, 0.15) is 5.75 Å². The number of hydrogen-bond acceptors (Lipinski definition) is 3. The van der Waals surface area contributed by atoms with Crippen molar-refractivity contribution < 1.29 is 19.4 Å². The summed E-state index contributed by atoms with van der Waals surface area (Å²) in [6.07, 6.45) is -0.107. The summed E-state index contributed by atoms with van der Waals surface area (Å²) in [5, 5.41) is 9.25. The van der Waals surface area contributed by atoms with E-state index in [1.807, 2.05) is 13.8 Å². The molecule has 0 spiro atoms. The van der Waals surface area contributed by atoms with Gasteiger partial charge in [-0.2, -0.15) is 0 Å². The minimum absolute atomic E-state index is 0.107. The first-order chi connectivity index (χ1) is 9.77. The molecule has 0 aliphatic heterocycles. The van der Waals surface area contributed by atoms with Gasteiger partial charge in [-0.1, -0.05) is 11.6 Å². The maximum absolute atomic E-state index is 12.6. The Bertz CT molecular complexity index is 548. The van der Waals surface area contributed by atoms with Gasteiger partial charge in [-0.3, -0.25) is 9.59 Å². The Labute approximate surface area is 142 Å². The number of carbonyl (C=O) groups excluding carboxylic acids is 1. The normalized spacial score (nSPS) is 10.6. The molecule has 0 fully saturated rings. The highest BCUT2D eigenvalue weighted by Crippen LogP contribution is 2.29. The van der Waals surface area contributed by atoms with Gasteiger partial charge in [-0.25, -0.2) is 0 Å². The first-order valence-corrected chi connectivity index (χ1v) is 7.79. The predicted octanol–water partition coefficient (Wildman–Crippen LogP) is 3.28. The Balaban J connectivity index is 3.14. The summed E-state index contributed by atoms with van der Waals surface area (Å²) in [6, 6.07) is 3.12. The van der Waals surface area contributed by atoms with Crippen LogP contribution in [0.25, 0.3) is 0 Å². The lowest BCUT2D eigenvalue weighted by Gasteiger charge is -2.27. The van der Waals surface area contributed by atoms with Crippen molar-refractivity contribution in [2.24, 2.45) is 0 Å². The molecule has 1 aromatic rings. The highest BCUT2D eigenvalue weighted by Gasteiger charge is 2.23. The molecular formula is C14H17ClINO4. The third-order valence-corrected chi connectivity index (χ3v) is 4.45. The van der Waals surface area contributed by atoms with Crippen molar-refractivity contribution in [1.82, 2.24) is 4.90 Å². The van der Waals surface area contributed by atoms with Crippen molar-refractivity contribution in [1.29, 1.82) is 0 Å². The highest BCUT2D eigenvalue weighted by molar-refractivity contribution is 14.1. The van der Waals surface area contributed by atoms with E-state index in [9.17, 15) is 9.59 Å². The molecule has 0 aromatic heterocycles. The Kier molecular flexibility index (Phi) is 6.73. The number of aliphatic carboxylic acids is 1. The monoisotopic (exact) mass is 425 g/mol. The first-order valence-electron chi connectivity index (χ1n) is 6.33. The third kappa shape index (κ3) is 4.74. The molecule has 1 rings (SSSR count). The second-order valence-corrected chi connectivity index (χ2v) is 6.27. The van der Waals surface area contributed by atoms with E-state index >= 15 is 0 Å². The largest absolute Gasteiger partial charge is 0.496 e. The van der Waals surface area contributed by atoms with Gasteiger partial charge in [-0.05, 0) is 48.6 Å². The molecule has 0 unspecified atom stereocenters. The van der Waals surface area contributed by atoms with Gasteiger partial charge in [0.05, 0.1) is 24.1 Å². The topological polar surface area (TPSA) is 66.8 Å². The molecule has 0 radical (unpaired) electrons. The molecule has 1 N–H and O–H groups in total. The molecule has 1 aromatic carbocycles. The second-order valence-electron chi connectivity index (χ2n) is 4.70. The summed E-state index contributed by atoms with van der Waals surface area (Å²) in [5.41, 5.74) is 0.335. The number of benzene rings is 1. The molecule has 5 nitrogen and oxygen atoms in total. The summed E-state index contributed by atoms with van der Waals surface area (Å²) in [4.78, 5) is 24.9. The fraction of sp³-hybridized carbons (Fsp3) is 0.429. The van der Waals surface area contributed by atoms with E-state index in [2.05, 4.69) is 22.6 Å². The van der Waals surface area contributed by atoms with E-state index in [0.29, 0.717) is 16.3 Å². The number of nitrogens with zero attached hydrogens (tertiary/aromatic N) is 1. The van der Waals surface area contributed by atoms with E-state index in [4.69, 9.17) is 21.4 Å². The van der Waals surface area contributed by atoms with Gasteiger partial charge < -0.3 is 14.7 Å². The summed E-state index contributed by atoms with van der Waals surface area (Å²) in [6.45, 7) is 3.81. The molecule has 0 aliphatic rings. The van der Waals surface area contributed by atoms with Crippen LogP contribution in [-0.2, 0) is 4.79 Å². The van der Waals surface area contributed by atoms with Crippen LogP contribution < -0.4 is 4.74 Å². The number of amides is 1. The fourth-order valence-corrected chi connectivity index (χ4v) is 2.43. The van der Waals surface area contributed by atoms with Crippen molar-refractivity contribution >= 4 is 46.1 Å². The van der Waals surface area contributed by atoms with Crippen molar-refractivity contribution in [3.8, 4) is 5.75 Å². The summed E-state index contributed by atoms with van der Waals surface area (Å²) in [5.74, 6) is -0.808. The van der Waals surface area contributed by atoms with Crippen LogP contribution in [0.2, 0.25) is 5.02 Å². The number of rotatable bonds is 6. The van der Waals surface area contributed by atoms with Gasteiger partial charge in [0.25, 0.3) is 5.91 Å². The van der Waals surface area contributed by atoms with Crippen LogP contribution in [-0.4, -0.2) is 41.6 Å². The van der Waals surface area contributed by atoms with Crippen LogP contribution in [0.3, 0.4) is 0 Å². The maximum atomic E-state index is 12.6. The minimum atomic E-state index is -0.943. The molecule has 0 atom stereocenters. The van der Waals surface area contributed by atoms with E-state index in [0.717, 1.165) is 3.57 Å². The van der Waals surface area contributed by atoms with Crippen LogP contribution in [0.1, 0.15) is 30.6 Å². The SMILES string of the molecule is COc1cc(I)c(Cl)cc1C(=O)N(CCC(=O)O)C(C)C. The smallest absolute Gasteiger partial charge is 0.305 e. The van der Waals surface area contributed by atoms with E-state index in [1.165, 1.54) is 12.0 Å². The quantitative estimate of drug-likeness (QED) is 0.710. The van der Waals surface area contributed by atoms with Gasteiger partial charge >= 0.3 is 5.97 Å². The Hall–Kier alpha value is -1.02. The molecule has 7 heteroatoms. The average Bonchev–Trinajstić information content (AvgIpc) is 2.40. The molecule has 116 valence electrons. The Morgan fingerprint density at radius 2 is 2.05 bits per heavy atom. The van der Waals surface area contributed by atoms with Crippen molar-refractivity contribution in [3.63, 3.8) is 0 Å². The number of halogens is 2. The summed E-state index contributed by atoms with van der Waals surface area (Å²) >= 11 is 8.13. The molecule has 0 aliphatic carbocycles. The molecular weight excluding hydrogens is 409 g/mol. The summed E-state index contributed by atoms with van der Waals surface area (Å²) < 4.78 is 6.01. The Morgan fingerprint density at radius 1 is 1.43 bits per heavy atom. The van der Waals surface area contributed by atoms with Crippen molar-refractivity contribution in [3.05, 3.63) is 26.3 Å². The minimum Gasteiger partial charge on any atom is -0.496 e. The van der Waals surface area contributed by atoms with Gasteiger partial charge in [0.2, 0.25) is 0 Å². The zero-order valence-corrected chi connectivity index (χ0v) is 14.9. The highest BCUT2D eigenvalue weighted by atomic mass is 127. The standard InChI is InChI=1S/C14H17ClINO4/c1-8(2)17(5-4-13(18)19)14(20)9-6-10(15)11(16)7-12(9)21-3/h6-8H,4-5H2,1-3H3,(H,18,19). The van der Waals surface area contributed by atoms with Crippen molar-refractivity contribution in [2.45, 2.75) is 26.3 Å². The molecule has 0 saturated heterocycles. The average molecular weight is 426 g/mol. The number of ether oxygens (including phenoxy) is 1.